The van der Waals surface area contributed by atoms with Gasteiger partial charge in [-0.3, -0.25) is 4.79 Å². The van der Waals surface area contributed by atoms with Gasteiger partial charge in [-0.1, -0.05) is 6.07 Å². The fourth-order valence-electron chi connectivity index (χ4n) is 2.75. The Kier molecular flexibility index (Phi) is 7.25. The van der Waals surface area contributed by atoms with Crippen molar-refractivity contribution >= 4 is 18.0 Å². The van der Waals surface area contributed by atoms with E-state index in [9.17, 15) is 14.4 Å². The van der Waals surface area contributed by atoms with E-state index in [4.69, 9.17) is 18.9 Å². The molecule has 0 saturated heterocycles. The number of carbonyl (C=O) groups is 3. The molecule has 0 radical (unpaired) electrons. The van der Waals surface area contributed by atoms with Crippen molar-refractivity contribution in [2.24, 2.45) is 0 Å². The Balaban J connectivity index is 2.08. The summed E-state index contributed by atoms with van der Waals surface area (Å²) in [5.74, 6) is -0.0494. The minimum absolute atomic E-state index is 0.00980. The summed E-state index contributed by atoms with van der Waals surface area (Å²) in [6.07, 6.45) is -0.00980. The summed E-state index contributed by atoms with van der Waals surface area (Å²) in [5, 5.41) is 5.08. The van der Waals surface area contributed by atoms with Gasteiger partial charge in [-0.25, -0.2) is 9.59 Å². The highest BCUT2D eigenvalue weighted by Gasteiger charge is 2.30. The van der Waals surface area contributed by atoms with Gasteiger partial charge >= 0.3 is 18.0 Å². The number of carbonyl (C=O) groups excluding carboxylic acids is 3. The minimum atomic E-state index is -0.576. The first-order chi connectivity index (χ1) is 13.4. The van der Waals surface area contributed by atoms with Gasteiger partial charge < -0.3 is 29.6 Å². The fourth-order valence-corrected chi connectivity index (χ4v) is 2.75. The molecule has 0 spiro atoms. The first-order valence-corrected chi connectivity index (χ1v) is 8.73. The number of hydrogen-bond acceptors (Lipinski definition) is 7. The summed E-state index contributed by atoms with van der Waals surface area (Å²) >= 11 is 0. The molecular weight excluding hydrogens is 368 g/mol. The van der Waals surface area contributed by atoms with Gasteiger partial charge in [0, 0.05) is 0 Å². The molecular formula is C19H24N2O7. The molecule has 0 aliphatic carbocycles. The molecule has 0 saturated carbocycles. The molecule has 28 heavy (non-hydrogen) atoms. The predicted octanol–water partition coefficient (Wildman–Crippen LogP) is 1.31. The van der Waals surface area contributed by atoms with Crippen LogP contribution in [0.3, 0.4) is 0 Å². The summed E-state index contributed by atoms with van der Waals surface area (Å²) in [5.41, 5.74) is 1.10. The van der Waals surface area contributed by atoms with E-state index in [1.165, 1.54) is 14.2 Å². The number of urea groups is 1. The first-order valence-electron chi connectivity index (χ1n) is 8.73. The van der Waals surface area contributed by atoms with E-state index < -0.39 is 24.0 Å². The molecule has 2 amide bonds. The van der Waals surface area contributed by atoms with Crippen LogP contribution in [-0.2, 0) is 25.5 Å². The Morgan fingerprint density at radius 1 is 1.11 bits per heavy atom. The Bertz CT molecular complexity index is 788. The maximum atomic E-state index is 12.2. The quantitative estimate of drug-likeness (QED) is 0.642. The Morgan fingerprint density at radius 3 is 2.46 bits per heavy atom. The number of benzene rings is 1. The predicted molar refractivity (Wildman–Crippen MR) is 99.0 cm³/mol. The first kappa shape index (κ1) is 21.1. The van der Waals surface area contributed by atoms with Crippen LogP contribution in [0, 0.1) is 0 Å². The molecule has 9 heteroatoms. The van der Waals surface area contributed by atoms with Crippen LogP contribution < -0.4 is 20.1 Å². The standard InChI is InChI=1S/C19H24N2O7/c1-5-27-18(23)17-11(2)20-19(24)21-13(17)10-28-16(22)9-12-6-7-14(25-3)15(8-12)26-4/h6-8,11H,5,9-10H2,1-4H3,(H2,20,21,24)/t11-/m1/s1. The van der Waals surface area contributed by atoms with Crippen molar-refractivity contribution in [3.63, 3.8) is 0 Å². The van der Waals surface area contributed by atoms with Crippen LogP contribution in [0.4, 0.5) is 4.79 Å². The summed E-state index contributed by atoms with van der Waals surface area (Å²) in [4.78, 5) is 36.1. The van der Waals surface area contributed by atoms with E-state index in [-0.39, 0.29) is 30.9 Å². The summed E-state index contributed by atoms with van der Waals surface area (Å²) in [6, 6.07) is 4.05. The highest BCUT2D eigenvalue weighted by Crippen LogP contribution is 2.27. The van der Waals surface area contributed by atoms with Gasteiger partial charge in [0.1, 0.15) is 6.61 Å². The average Bonchev–Trinajstić information content (AvgIpc) is 2.65. The zero-order chi connectivity index (χ0) is 20.7. The van der Waals surface area contributed by atoms with Crippen LogP contribution in [0.15, 0.2) is 29.5 Å². The van der Waals surface area contributed by atoms with Gasteiger partial charge in [-0.05, 0) is 31.5 Å². The SMILES string of the molecule is CCOC(=O)C1=C(COC(=O)Cc2ccc(OC)c(OC)c2)NC(=O)N[C@@H]1C. The van der Waals surface area contributed by atoms with Crippen molar-refractivity contribution in [1.82, 2.24) is 10.6 Å². The average molecular weight is 392 g/mol. The number of amides is 2. The third kappa shape index (κ3) is 5.15. The van der Waals surface area contributed by atoms with Crippen molar-refractivity contribution in [2.45, 2.75) is 26.3 Å². The molecule has 1 aliphatic heterocycles. The maximum absolute atomic E-state index is 12.2. The lowest BCUT2D eigenvalue weighted by atomic mass is 10.0. The molecule has 1 heterocycles. The monoisotopic (exact) mass is 392 g/mol. The molecule has 2 N–H and O–H groups in total. The van der Waals surface area contributed by atoms with Gasteiger partial charge in [0.2, 0.25) is 0 Å². The normalized spacial score (nSPS) is 16.0. The van der Waals surface area contributed by atoms with E-state index >= 15 is 0 Å². The van der Waals surface area contributed by atoms with Crippen molar-refractivity contribution in [3.05, 3.63) is 35.0 Å². The number of methoxy groups -OCH3 is 2. The third-order valence-corrected chi connectivity index (χ3v) is 4.04. The second kappa shape index (κ2) is 9.63. The van der Waals surface area contributed by atoms with Crippen LogP contribution in [0.25, 0.3) is 0 Å². The smallest absolute Gasteiger partial charge is 0.338 e. The van der Waals surface area contributed by atoms with Crippen molar-refractivity contribution in [3.8, 4) is 11.5 Å². The van der Waals surface area contributed by atoms with Crippen LogP contribution in [-0.4, -0.2) is 51.4 Å². The second-order valence-corrected chi connectivity index (χ2v) is 5.96. The minimum Gasteiger partial charge on any atom is -0.493 e. The Hall–Kier alpha value is -3.23. The number of hydrogen-bond donors (Lipinski definition) is 2. The van der Waals surface area contributed by atoms with Gasteiger partial charge in [-0.15, -0.1) is 0 Å². The fraction of sp³-hybridized carbons (Fsp3) is 0.421. The lowest BCUT2D eigenvalue weighted by Crippen LogP contribution is -2.50. The number of esters is 2. The van der Waals surface area contributed by atoms with Crippen LogP contribution in [0.1, 0.15) is 19.4 Å². The van der Waals surface area contributed by atoms with E-state index in [1.807, 2.05) is 0 Å². The molecule has 0 bridgehead atoms. The molecule has 9 nitrogen and oxygen atoms in total. The second-order valence-electron chi connectivity index (χ2n) is 5.96. The number of nitrogens with one attached hydrogen (secondary N) is 2. The van der Waals surface area contributed by atoms with Gasteiger partial charge in [0.05, 0.1) is 44.6 Å². The van der Waals surface area contributed by atoms with Crippen LogP contribution >= 0.6 is 0 Å². The van der Waals surface area contributed by atoms with Gasteiger partial charge in [0.15, 0.2) is 11.5 Å². The van der Waals surface area contributed by atoms with Gasteiger partial charge in [-0.2, -0.15) is 0 Å². The highest BCUT2D eigenvalue weighted by atomic mass is 16.5. The lowest BCUT2D eigenvalue weighted by molar-refractivity contribution is -0.143. The summed E-state index contributed by atoms with van der Waals surface area (Å²) in [7, 11) is 3.03. The molecule has 0 aromatic heterocycles. The van der Waals surface area contributed by atoms with Crippen LogP contribution in [0.2, 0.25) is 0 Å². The number of ether oxygens (including phenoxy) is 4. The van der Waals surface area contributed by atoms with E-state index in [0.717, 1.165) is 0 Å². The zero-order valence-electron chi connectivity index (χ0n) is 16.3. The molecule has 2 rings (SSSR count). The molecule has 0 unspecified atom stereocenters. The largest absolute Gasteiger partial charge is 0.493 e. The molecule has 1 aromatic carbocycles. The lowest BCUT2D eigenvalue weighted by Gasteiger charge is -2.26. The highest BCUT2D eigenvalue weighted by molar-refractivity contribution is 5.94. The zero-order valence-corrected chi connectivity index (χ0v) is 16.3. The summed E-state index contributed by atoms with van der Waals surface area (Å²) < 4.78 is 20.6. The molecule has 1 aliphatic rings. The third-order valence-electron chi connectivity index (χ3n) is 4.04. The van der Waals surface area contributed by atoms with E-state index in [1.54, 1.807) is 32.0 Å². The van der Waals surface area contributed by atoms with E-state index in [2.05, 4.69) is 10.6 Å². The molecule has 152 valence electrons. The van der Waals surface area contributed by atoms with Gasteiger partial charge in [0.25, 0.3) is 0 Å². The van der Waals surface area contributed by atoms with Crippen LogP contribution in [0.5, 0.6) is 11.5 Å². The Morgan fingerprint density at radius 2 is 1.82 bits per heavy atom. The molecule has 1 atom stereocenters. The van der Waals surface area contributed by atoms with Crippen molar-refractivity contribution < 1.29 is 33.3 Å². The number of rotatable bonds is 8. The Labute approximate surface area is 163 Å². The van der Waals surface area contributed by atoms with Crippen molar-refractivity contribution in [2.75, 3.05) is 27.4 Å². The topological polar surface area (TPSA) is 112 Å². The maximum Gasteiger partial charge on any atom is 0.338 e. The van der Waals surface area contributed by atoms with Crippen molar-refractivity contribution in [1.29, 1.82) is 0 Å². The summed E-state index contributed by atoms with van der Waals surface area (Å²) in [6.45, 7) is 3.27. The molecule has 1 aromatic rings. The molecule has 0 fully saturated rings. The van der Waals surface area contributed by atoms with E-state index in [0.29, 0.717) is 17.1 Å².